The second kappa shape index (κ2) is 6.25. The van der Waals surface area contributed by atoms with Gasteiger partial charge in [0.15, 0.2) is 6.10 Å². The Balaban J connectivity index is 1.32. The number of hydrogen-bond donors (Lipinski definition) is 1. The van der Waals surface area contributed by atoms with Gasteiger partial charge in [-0.15, -0.1) is 0 Å². The van der Waals surface area contributed by atoms with Gasteiger partial charge in [-0.1, -0.05) is 11.6 Å². The molecular weight excluding hydrogens is 322 g/mol. The number of nitrogens with one attached hydrogen (secondary N) is 1. The first kappa shape index (κ1) is 16.3. The summed E-state index contributed by atoms with van der Waals surface area (Å²) in [4.78, 5) is 12.4. The van der Waals surface area contributed by atoms with Gasteiger partial charge in [-0.2, -0.15) is 0 Å². The van der Waals surface area contributed by atoms with Crippen molar-refractivity contribution in [1.29, 1.82) is 0 Å². The Kier molecular flexibility index (Phi) is 4.24. The number of carbonyl (C=O) groups excluding carboxylic acids is 1. The van der Waals surface area contributed by atoms with Crippen LogP contribution in [-0.4, -0.2) is 18.6 Å². The first-order valence-electron chi connectivity index (χ1n) is 9.21. The highest BCUT2D eigenvalue weighted by molar-refractivity contribution is 6.30. The molecule has 1 aromatic rings. The van der Waals surface area contributed by atoms with Crippen LogP contribution < -0.4 is 10.1 Å². The molecule has 24 heavy (non-hydrogen) atoms. The van der Waals surface area contributed by atoms with E-state index in [0.717, 1.165) is 24.3 Å². The minimum atomic E-state index is -0.486. The number of carbonyl (C=O) groups is 1. The molecule has 3 nitrogen and oxygen atoms in total. The number of rotatable bonds is 5. The maximum absolute atomic E-state index is 12.4. The zero-order chi connectivity index (χ0) is 16.7. The van der Waals surface area contributed by atoms with Gasteiger partial charge in [0.25, 0.3) is 5.91 Å². The maximum Gasteiger partial charge on any atom is 0.260 e. The van der Waals surface area contributed by atoms with Crippen molar-refractivity contribution in [2.24, 2.45) is 23.2 Å². The van der Waals surface area contributed by atoms with Crippen molar-refractivity contribution < 1.29 is 9.53 Å². The molecule has 4 saturated carbocycles. The van der Waals surface area contributed by atoms with E-state index in [1.165, 1.54) is 38.5 Å². The Hall–Kier alpha value is -1.22. The molecule has 0 radical (unpaired) electrons. The molecule has 1 amide bonds. The molecule has 1 aromatic carbocycles. The first-order valence-corrected chi connectivity index (χ1v) is 9.59. The molecule has 4 fully saturated rings. The molecule has 5 rings (SSSR count). The summed E-state index contributed by atoms with van der Waals surface area (Å²) in [5.41, 5.74) is 0.365. The normalized spacial score (nSPS) is 34.8. The Morgan fingerprint density at radius 1 is 1.17 bits per heavy atom. The largest absolute Gasteiger partial charge is 0.481 e. The van der Waals surface area contributed by atoms with Crippen molar-refractivity contribution in [2.45, 2.75) is 51.6 Å². The standard InChI is InChI=1S/C20H26ClNO2/c1-13(24-18-4-2-17(21)3-5-18)19(23)22-12-20-9-14-6-15(10-20)8-16(7-14)11-20/h2-5,13-16H,6-12H2,1H3,(H,22,23)/t13-,14?,15?,16?,20?/m0/s1. The van der Waals surface area contributed by atoms with Crippen molar-refractivity contribution in [3.05, 3.63) is 29.3 Å². The number of hydrogen-bond acceptors (Lipinski definition) is 2. The Labute approximate surface area is 149 Å². The topological polar surface area (TPSA) is 38.3 Å². The molecule has 0 aromatic heterocycles. The maximum atomic E-state index is 12.4. The molecule has 4 heteroatoms. The predicted octanol–water partition coefficient (Wildman–Crippen LogP) is 4.44. The molecule has 4 aliphatic rings. The van der Waals surface area contributed by atoms with E-state index in [4.69, 9.17) is 16.3 Å². The second-order valence-electron chi connectivity index (χ2n) is 8.35. The lowest BCUT2D eigenvalue weighted by Gasteiger charge is -2.56. The number of halogens is 1. The van der Waals surface area contributed by atoms with Gasteiger partial charge in [0.2, 0.25) is 0 Å². The molecule has 1 N–H and O–H groups in total. The Bertz CT molecular complexity index is 577. The van der Waals surface area contributed by atoms with E-state index in [1.807, 2.05) is 6.92 Å². The number of amides is 1. The van der Waals surface area contributed by atoms with Gasteiger partial charge in [0.05, 0.1) is 0 Å². The molecule has 0 spiro atoms. The average molecular weight is 348 g/mol. The van der Waals surface area contributed by atoms with Gasteiger partial charge < -0.3 is 10.1 Å². The fourth-order valence-corrected chi connectivity index (χ4v) is 5.82. The summed E-state index contributed by atoms with van der Waals surface area (Å²) in [6.45, 7) is 2.63. The molecule has 0 saturated heterocycles. The quantitative estimate of drug-likeness (QED) is 0.855. The molecular formula is C20H26ClNO2. The minimum absolute atomic E-state index is 0.0132. The van der Waals surface area contributed by atoms with Gasteiger partial charge in [-0.25, -0.2) is 0 Å². The van der Waals surface area contributed by atoms with Crippen LogP contribution in [0.3, 0.4) is 0 Å². The van der Waals surface area contributed by atoms with Crippen LogP contribution >= 0.6 is 11.6 Å². The monoisotopic (exact) mass is 347 g/mol. The lowest BCUT2D eigenvalue weighted by Crippen LogP contribution is -2.52. The highest BCUT2D eigenvalue weighted by Gasteiger charge is 2.50. The van der Waals surface area contributed by atoms with E-state index in [1.54, 1.807) is 24.3 Å². The van der Waals surface area contributed by atoms with Crippen LogP contribution in [0.2, 0.25) is 5.02 Å². The Morgan fingerprint density at radius 3 is 2.25 bits per heavy atom. The van der Waals surface area contributed by atoms with Crippen LogP contribution in [0.15, 0.2) is 24.3 Å². The van der Waals surface area contributed by atoms with E-state index in [0.29, 0.717) is 16.2 Å². The smallest absolute Gasteiger partial charge is 0.260 e. The van der Waals surface area contributed by atoms with Crippen LogP contribution in [-0.2, 0) is 4.79 Å². The highest BCUT2D eigenvalue weighted by atomic mass is 35.5. The molecule has 1 atom stereocenters. The van der Waals surface area contributed by atoms with Crippen molar-refractivity contribution in [2.75, 3.05) is 6.54 Å². The summed E-state index contributed by atoms with van der Waals surface area (Å²) < 4.78 is 5.73. The lowest BCUT2D eigenvalue weighted by atomic mass is 9.49. The van der Waals surface area contributed by atoms with Gasteiger partial charge in [-0.3, -0.25) is 4.79 Å². The summed E-state index contributed by atoms with van der Waals surface area (Å²) in [7, 11) is 0. The van der Waals surface area contributed by atoms with Crippen molar-refractivity contribution in [3.8, 4) is 5.75 Å². The van der Waals surface area contributed by atoms with E-state index in [9.17, 15) is 4.79 Å². The van der Waals surface area contributed by atoms with Gasteiger partial charge in [0.1, 0.15) is 5.75 Å². The summed E-state index contributed by atoms with van der Waals surface area (Å²) in [5, 5.41) is 3.85. The third-order valence-corrected chi connectivity index (χ3v) is 6.55. The van der Waals surface area contributed by atoms with Crippen molar-refractivity contribution >= 4 is 17.5 Å². The van der Waals surface area contributed by atoms with E-state index in [-0.39, 0.29) is 5.91 Å². The molecule has 4 aliphatic carbocycles. The third kappa shape index (κ3) is 3.28. The second-order valence-corrected chi connectivity index (χ2v) is 8.79. The van der Waals surface area contributed by atoms with E-state index in [2.05, 4.69) is 5.32 Å². The highest BCUT2D eigenvalue weighted by Crippen LogP contribution is 2.59. The minimum Gasteiger partial charge on any atom is -0.481 e. The van der Waals surface area contributed by atoms with Crippen LogP contribution in [0.5, 0.6) is 5.75 Å². The number of benzene rings is 1. The van der Waals surface area contributed by atoms with Crippen LogP contribution in [0.25, 0.3) is 0 Å². The summed E-state index contributed by atoms with van der Waals surface area (Å²) in [5.74, 6) is 3.40. The summed E-state index contributed by atoms with van der Waals surface area (Å²) in [6.07, 6.45) is 7.75. The third-order valence-electron chi connectivity index (χ3n) is 6.30. The van der Waals surface area contributed by atoms with Crippen molar-refractivity contribution in [1.82, 2.24) is 5.32 Å². The predicted molar refractivity (Wildman–Crippen MR) is 95.2 cm³/mol. The van der Waals surface area contributed by atoms with Gasteiger partial charge in [-0.05, 0) is 92.9 Å². The molecule has 0 heterocycles. The SMILES string of the molecule is C[C@H](Oc1ccc(Cl)cc1)C(=O)NCC12CC3CC(CC(C3)C1)C2. The van der Waals surface area contributed by atoms with Crippen molar-refractivity contribution in [3.63, 3.8) is 0 Å². The molecule has 4 bridgehead atoms. The van der Waals surface area contributed by atoms with Crippen LogP contribution in [0.1, 0.15) is 45.4 Å². The average Bonchev–Trinajstić information content (AvgIpc) is 2.53. The van der Waals surface area contributed by atoms with E-state index < -0.39 is 6.10 Å². The Morgan fingerprint density at radius 2 is 1.71 bits per heavy atom. The fourth-order valence-electron chi connectivity index (χ4n) is 5.70. The molecule has 130 valence electrons. The zero-order valence-electron chi connectivity index (χ0n) is 14.3. The van der Waals surface area contributed by atoms with Crippen LogP contribution in [0.4, 0.5) is 0 Å². The number of ether oxygens (including phenoxy) is 1. The van der Waals surface area contributed by atoms with Gasteiger partial charge in [0, 0.05) is 11.6 Å². The van der Waals surface area contributed by atoms with Crippen LogP contribution in [0, 0.1) is 23.2 Å². The molecule has 0 aliphatic heterocycles. The summed E-state index contributed by atoms with van der Waals surface area (Å²) >= 11 is 5.88. The molecule has 0 unspecified atom stereocenters. The van der Waals surface area contributed by atoms with Gasteiger partial charge >= 0.3 is 0 Å². The first-order chi connectivity index (χ1) is 11.5. The van der Waals surface area contributed by atoms with E-state index >= 15 is 0 Å². The summed E-state index contributed by atoms with van der Waals surface area (Å²) in [6, 6.07) is 7.14. The fraction of sp³-hybridized carbons (Fsp3) is 0.650. The zero-order valence-corrected chi connectivity index (χ0v) is 15.0. The lowest BCUT2D eigenvalue weighted by molar-refractivity contribution is -0.129.